The van der Waals surface area contributed by atoms with Crippen LogP contribution in [0.1, 0.15) is 53.5 Å². The molecule has 0 unspecified atom stereocenters. The average molecular weight is 350 g/mol. The summed E-state index contributed by atoms with van der Waals surface area (Å²) in [5, 5.41) is 13.5. The molecule has 0 radical (unpaired) electrons. The molecule has 1 aromatic rings. The number of urea groups is 1. The van der Waals surface area contributed by atoms with Crippen molar-refractivity contribution in [1.29, 1.82) is 0 Å². The molecule has 1 rings (SSSR count). The van der Waals surface area contributed by atoms with Gasteiger partial charge in [0.05, 0.1) is 6.10 Å². The Labute approximate surface area is 152 Å². The first-order valence-electron chi connectivity index (χ1n) is 9.06. The number of hydrogen-bond donors (Lipinski definition) is 3. The van der Waals surface area contributed by atoms with Crippen LogP contribution in [0, 0.1) is 5.92 Å². The number of amides is 2. The summed E-state index contributed by atoms with van der Waals surface area (Å²) >= 11 is 0. The number of nitrogens with one attached hydrogen (secondary N) is 1. The molecule has 5 nitrogen and oxygen atoms in total. The van der Waals surface area contributed by atoms with Crippen LogP contribution in [0.4, 0.5) is 4.79 Å². The van der Waals surface area contributed by atoms with E-state index in [0.29, 0.717) is 18.9 Å². The van der Waals surface area contributed by atoms with Crippen LogP contribution in [0.25, 0.3) is 0 Å². The first-order chi connectivity index (χ1) is 11.5. The standard InChI is InChI=1S/C20H35N3O2/c1-15(2)12-13-23(18(25)22-19(4,5)6)20(21,16(3)24)14-17-10-8-7-9-11-17/h7-11,15-16,24H,12-14,21H2,1-6H3,(H,22,25)/t16-,20+/m1/s1. The van der Waals surface area contributed by atoms with Crippen molar-refractivity contribution in [2.24, 2.45) is 11.7 Å². The van der Waals surface area contributed by atoms with Gasteiger partial charge in [0.2, 0.25) is 0 Å². The molecule has 1 aromatic carbocycles. The lowest BCUT2D eigenvalue weighted by Gasteiger charge is -2.44. The van der Waals surface area contributed by atoms with E-state index in [4.69, 9.17) is 5.73 Å². The zero-order valence-electron chi connectivity index (χ0n) is 16.5. The van der Waals surface area contributed by atoms with Gasteiger partial charge in [0.1, 0.15) is 5.66 Å². The Balaban J connectivity index is 3.16. The van der Waals surface area contributed by atoms with Gasteiger partial charge < -0.3 is 21.1 Å². The normalized spacial score (nSPS) is 15.6. The van der Waals surface area contributed by atoms with E-state index in [0.717, 1.165) is 12.0 Å². The van der Waals surface area contributed by atoms with Gasteiger partial charge >= 0.3 is 6.03 Å². The third-order valence-corrected chi connectivity index (χ3v) is 4.21. The molecular weight excluding hydrogens is 314 g/mol. The molecule has 0 aliphatic rings. The molecule has 4 N–H and O–H groups in total. The van der Waals surface area contributed by atoms with Crippen LogP contribution in [0.5, 0.6) is 0 Å². The van der Waals surface area contributed by atoms with Gasteiger partial charge in [-0.3, -0.25) is 0 Å². The number of aliphatic hydroxyl groups excluding tert-OH is 1. The summed E-state index contributed by atoms with van der Waals surface area (Å²) < 4.78 is 0. The van der Waals surface area contributed by atoms with Gasteiger partial charge in [-0.2, -0.15) is 0 Å². The lowest BCUT2D eigenvalue weighted by molar-refractivity contribution is -0.000642. The largest absolute Gasteiger partial charge is 0.390 e. The quantitative estimate of drug-likeness (QED) is 0.662. The fourth-order valence-electron chi connectivity index (χ4n) is 2.67. The summed E-state index contributed by atoms with van der Waals surface area (Å²) in [6, 6.07) is 9.50. The number of nitrogens with zero attached hydrogens (tertiary/aromatic N) is 1. The highest BCUT2D eigenvalue weighted by Crippen LogP contribution is 2.22. The highest BCUT2D eigenvalue weighted by atomic mass is 16.3. The van der Waals surface area contributed by atoms with Crippen molar-refractivity contribution in [2.45, 2.75) is 71.7 Å². The number of rotatable bonds is 7. The minimum absolute atomic E-state index is 0.243. The number of hydrogen-bond acceptors (Lipinski definition) is 3. The van der Waals surface area contributed by atoms with E-state index >= 15 is 0 Å². The lowest BCUT2D eigenvalue weighted by Crippen LogP contribution is -2.68. The van der Waals surface area contributed by atoms with E-state index < -0.39 is 11.8 Å². The fraction of sp³-hybridized carbons (Fsp3) is 0.650. The summed E-state index contributed by atoms with van der Waals surface area (Å²) in [7, 11) is 0. The van der Waals surface area contributed by atoms with Crippen molar-refractivity contribution < 1.29 is 9.90 Å². The van der Waals surface area contributed by atoms with Crippen molar-refractivity contribution >= 4 is 6.03 Å². The first-order valence-corrected chi connectivity index (χ1v) is 9.06. The van der Waals surface area contributed by atoms with Crippen LogP contribution in [-0.4, -0.2) is 39.9 Å². The number of benzene rings is 1. The van der Waals surface area contributed by atoms with E-state index in [2.05, 4.69) is 19.2 Å². The van der Waals surface area contributed by atoms with Crippen molar-refractivity contribution in [1.82, 2.24) is 10.2 Å². The van der Waals surface area contributed by atoms with Gasteiger partial charge in [-0.1, -0.05) is 44.2 Å². The molecule has 142 valence electrons. The molecule has 0 saturated carbocycles. The second-order valence-electron chi connectivity index (χ2n) is 8.34. The van der Waals surface area contributed by atoms with Crippen LogP contribution in [0.15, 0.2) is 30.3 Å². The Morgan fingerprint density at radius 1 is 1.20 bits per heavy atom. The average Bonchev–Trinajstić information content (AvgIpc) is 2.45. The monoisotopic (exact) mass is 349 g/mol. The Hall–Kier alpha value is -1.59. The van der Waals surface area contributed by atoms with Crippen LogP contribution in [0.2, 0.25) is 0 Å². The molecule has 0 aromatic heterocycles. The van der Waals surface area contributed by atoms with E-state index in [1.807, 2.05) is 51.1 Å². The van der Waals surface area contributed by atoms with Gasteiger partial charge in [0.15, 0.2) is 0 Å². The van der Waals surface area contributed by atoms with Gasteiger partial charge in [-0.15, -0.1) is 0 Å². The molecule has 0 heterocycles. The molecule has 0 fully saturated rings. The van der Waals surface area contributed by atoms with E-state index in [-0.39, 0.29) is 11.6 Å². The molecular formula is C20H35N3O2. The van der Waals surface area contributed by atoms with Crippen LogP contribution in [-0.2, 0) is 6.42 Å². The molecule has 0 bridgehead atoms. The van der Waals surface area contributed by atoms with Gasteiger partial charge in [-0.25, -0.2) is 4.79 Å². The Kier molecular flexibility index (Phi) is 7.44. The molecule has 25 heavy (non-hydrogen) atoms. The summed E-state index contributed by atoms with van der Waals surface area (Å²) in [5.74, 6) is 0.430. The third-order valence-electron chi connectivity index (χ3n) is 4.21. The maximum absolute atomic E-state index is 12.9. The second kappa shape index (κ2) is 8.68. The van der Waals surface area contributed by atoms with Crippen LogP contribution >= 0.6 is 0 Å². The summed E-state index contributed by atoms with van der Waals surface area (Å²) in [6.45, 7) is 12.2. The molecule has 0 aliphatic carbocycles. The Morgan fingerprint density at radius 2 is 1.76 bits per heavy atom. The van der Waals surface area contributed by atoms with Crippen LogP contribution < -0.4 is 11.1 Å². The highest BCUT2D eigenvalue weighted by molar-refractivity contribution is 5.76. The number of carbonyl (C=O) groups excluding carboxylic acids is 1. The molecule has 2 atom stereocenters. The summed E-state index contributed by atoms with van der Waals surface area (Å²) in [6.07, 6.45) is 0.338. The molecule has 5 heteroatoms. The zero-order valence-corrected chi connectivity index (χ0v) is 16.5. The Bertz CT molecular complexity index is 538. The zero-order chi connectivity index (χ0) is 19.3. The number of nitrogens with two attached hydrogens (primary N) is 1. The number of aliphatic hydroxyl groups is 1. The minimum Gasteiger partial charge on any atom is -0.390 e. The third kappa shape index (κ3) is 6.67. The molecule has 0 aliphatic heterocycles. The van der Waals surface area contributed by atoms with E-state index in [1.54, 1.807) is 11.8 Å². The van der Waals surface area contributed by atoms with Gasteiger partial charge in [-0.05, 0) is 45.6 Å². The maximum atomic E-state index is 12.9. The van der Waals surface area contributed by atoms with E-state index in [1.165, 1.54) is 0 Å². The van der Waals surface area contributed by atoms with Crippen LogP contribution in [0.3, 0.4) is 0 Å². The van der Waals surface area contributed by atoms with Crippen molar-refractivity contribution in [3.63, 3.8) is 0 Å². The van der Waals surface area contributed by atoms with Crippen molar-refractivity contribution in [3.8, 4) is 0 Å². The topological polar surface area (TPSA) is 78.6 Å². The lowest BCUT2D eigenvalue weighted by atomic mass is 9.93. The second-order valence-corrected chi connectivity index (χ2v) is 8.34. The smallest absolute Gasteiger partial charge is 0.319 e. The first kappa shape index (κ1) is 21.5. The molecule has 2 amide bonds. The Morgan fingerprint density at radius 3 is 2.20 bits per heavy atom. The van der Waals surface area contributed by atoms with Crippen molar-refractivity contribution in [2.75, 3.05) is 6.54 Å². The van der Waals surface area contributed by atoms with Crippen molar-refractivity contribution in [3.05, 3.63) is 35.9 Å². The fourth-order valence-corrected chi connectivity index (χ4v) is 2.67. The SMILES string of the molecule is CC(C)CCN(C(=O)NC(C)(C)C)[C@@](N)(Cc1ccccc1)[C@@H](C)O. The van der Waals surface area contributed by atoms with Gasteiger partial charge in [0, 0.05) is 18.5 Å². The summed E-state index contributed by atoms with van der Waals surface area (Å²) in [4.78, 5) is 14.5. The summed E-state index contributed by atoms with van der Waals surface area (Å²) in [5.41, 5.74) is 6.08. The highest BCUT2D eigenvalue weighted by Gasteiger charge is 2.41. The predicted octanol–water partition coefficient (Wildman–Crippen LogP) is 3.12. The van der Waals surface area contributed by atoms with E-state index in [9.17, 15) is 9.90 Å². The van der Waals surface area contributed by atoms with Gasteiger partial charge in [0.25, 0.3) is 0 Å². The minimum atomic E-state index is -1.18. The maximum Gasteiger partial charge on any atom is 0.319 e. The molecule has 0 saturated heterocycles. The number of carbonyl (C=O) groups is 1. The predicted molar refractivity (Wildman–Crippen MR) is 103 cm³/mol. The molecule has 0 spiro atoms.